The van der Waals surface area contributed by atoms with E-state index in [4.69, 9.17) is 9.47 Å². The Bertz CT molecular complexity index is 1180. The number of morpholine rings is 1. The van der Waals surface area contributed by atoms with Crippen LogP contribution in [0.5, 0.6) is 5.75 Å². The van der Waals surface area contributed by atoms with Crippen LogP contribution in [0.3, 0.4) is 0 Å². The quantitative estimate of drug-likeness (QED) is 0.542. The summed E-state index contributed by atoms with van der Waals surface area (Å²) in [5.74, 6) is 0.273. The van der Waals surface area contributed by atoms with Gasteiger partial charge in [0.2, 0.25) is 0 Å². The summed E-state index contributed by atoms with van der Waals surface area (Å²) in [6.07, 6.45) is 0.208. The normalized spacial score (nSPS) is 19.3. The number of ether oxygens (including phenoxy) is 2. The van der Waals surface area contributed by atoms with E-state index in [1.807, 2.05) is 47.5 Å². The number of fused-ring (bicyclic) bond motifs is 1. The van der Waals surface area contributed by atoms with E-state index in [1.165, 1.54) is 11.6 Å². The molecule has 36 heavy (non-hydrogen) atoms. The molecule has 0 unspecified atom stereocenters. The number of halogens is 1. The van der Waals surface area contributed by atoms with Gasteiger partial charge in [-0.05, 0) is 48.2 Å². The first-order valence-electron chi connectivity index (χ1n) is 12.5. The van der Waals surface area contributed by atoms with Crippen molar-refractivity contribution in [2.75, 3.05) is 32.8 Å². The minimum Gasteiger partial charge on any atom is -0.481 e. The van der Waals surface area contributed by atoms with E-state index in [2.05, 4.69) is 28.5 Å². The van der Waals surface area contributed by atoms with E-state index < -0.39 is 6.10 Å². The van der Waals surface area contributed by atoms with Crippen LogP contribution >= 0.6 is 0 Å². The van der Waals surface area contributed by atoms with E-state index in [1.54, 1.807) is 13.0 Å². The first-order chi connectivity index (χ1) is 17.6. The zero-order valence-electron chi connectivity index (χ0n) is 20.5. The highest BCUT2D eigenvalue weighted by Crippen LogP contribution is 2.38. The lowest BCUT2D eigenvalue weighted by atomic mass is 9.87. The topological polar surface area (TPSA) is 54.0 Å². The molecule has 0 bridgehead atoms. The zero-order chi connectivity index (χ0) is 24.9. The van der Waals surface area contributed by atoms with Gasteiger partial charge in [0.1, 0.15) is 11.6 Å². The molecule has 6 nitrogen and oxygen atoms in total. The molecule has 188 valence electrons. The fourth-order valence-corrected chi connectivity index (χ4v) is 4.94. The van der Waals surface area contributed by atoms with Crippen LogP contribution in [0.1, 0.15) is 35.2 Å². The van der Waals surface area contributed by atoms with E-state index in [9.17, 15) is 9.18 Å². The Morgan fingerprint density at radius 2 is 1.81 bits per heavy atom. The maximum absolute atomic E-state index is 14.5. The number of hydrazine groups is 1. The van der Waals surface area contributed by atoms with Crippen molar-refractivity contribution < 1.29 is 18.7 Å². The van der Waals surface area contributed by atoms with Crippen molar-refractivity contribution in [2.45, 2.75) is 32.0 Å². The Morgan fingerprint density at radius 1 is 1.06 bits per heavy atom. The molecule has 2 atom stereocenters. The van der Waals surface area contributed by atoms with Crippen LogP contribution in [0.25, 0.3) is 0 Å². The minimum absolute atomic E-state index is 0.0458. The Kier molecular flexibility index (Phi) is 7.60. The molecule has 5 rings (SSSR count). The molecule has 0 radical (unpaired) electrons. The molecular formula is C29H32FN3O3. The second-order valence-electron chi connectivity index (χ2n) is 9.32. The zero-order valence-corrected chi connectivity index (χ0v) is 20.5. The maximum atomic E-state index is 14.5. The summed E-state index contributed by atoms with van der Waals surface area (Å²) in [5.41, 5.74) is 7.12. The second-order valence-corrected chi connectivity index (χ2v) is 9.32. The molecule has 3 aromatic carbocycles. The fraction of sp³-hybridized carbons (Fsp3) is 0.345. The van der Waals surface area contributed by atoms with Gasteiger partial charge in [0, 0.05) is 31.7 Å². The molecule has 7 heteroatoms. The van der Waals surface area contributed by atoms with Crippen LogP contribution < -0.4 is 10.2 Å². The molecule has 1 amide bonds. The number of nitrogens with one attached hydrogen (secondary N) is 1. The third kappa shape index (κ3) is 5.59. The molecular weight excluding hydrogens is 457 g/mol. The number of hydrogen-bond donors (Lipinski definition) is 1. The van der Waals surface area contributed by atoms with Crippen LogP contribution in [-0.2, 0) is 22.5 Å². The molecule has 0 aliphatic carbocycles. The van der Waals surface area contributed by atoms with E-state index in [-0.39, 0.29) is 17.8 Å². The molecule has 1 fully saturated rings. The predicted octanol–water partition coefficient (Wildman–Crippen LogP) is 4.10. The Labute approximate surface area is 211 Å². The molecule has 1 N–H and O–H groups in total. The first kappa shape index (κ1) is 24.4. The average molecular weight is 490 g/mol. The number of carbonyl (C=O) groups excluding carboxylic acids is 1. The summed E-state index contributed by atoms with van der Waals surface area (Å²) in [7, 11) is 0. The van der Waals surface area contributed by atoms with Crippen LogP contribution in [0.2, 0.25) is 0 Å². The van der Waals surface area contributed by atoms with Crippen molar-refractivity contribution in [3.05, 3.63) is 101 Å². The Hall–Kier alpha value is -3.26. The monoisotopic (exact) mass is 489 g/mol. The summed E-state index contributed by atoms with van der Waals surface area (Å²) in [5, 5.41) is 1.87. The van der Waals surface area contributed by atoms with Crippen LogP contribution in [-0.4, -0.2) is 54.8 Å². The molecule has 0 saturated carbocycles. The van der Waals surface area contributed by atoms with Crippen molar-refractivity contribution in [1.29, 1.82) is 0 Å². The average Bonchev–Trinajstić information content (AvgIpc) is 2.91. The largest absolute Gasteiger partial charge is 0.481 e. The number of hydrogen-bond acceptors (Lipinski definition) is 5. The van der Waals surface area contributed by atoms with Crippen molar-refractivity contribution in [3.63, 3.8) is 0 Å². The van der Waals surface area contributed by atoms with E-state index >= 15 is 0 Å². The fourth-order valence-electron chi connectivity index (χ4n) is 4.94. The molecule has 3 aromatic rings. The number of benzene rings is 3. The summed E-state index contributed by atoms with van der Waals surface area (Å²) < 4.78 is 26.0. The third-order valence-electron chi connectivity index (χ3n) is 6.85. The van der Waals surface area contributed by atoms with E-state index in [0.29, 0.717) is 44.2 Å². The third-order valence-corrected chi connectivity index (χ3v) is 6.85. The van der Waals surface area contributed by atoms with Crippen molar-refractivity contribution in [2.24, 2.45) is 0 Å². The van der Waals surface area contributed by atoms with Crippen LogP contribution in [0, 0.1) is 5.82 Å². The lowest BCUT2D eigenvalue weighted by molar-refractivity contribution is -0.134. The molecule has 2 aliphatic heterocycles. The minimum atomic E-state index is -0.654. The van der Waals surface area contributed by atoms with E-state index in [0.717, 1.165) is 24.1 Å². The Morgan fingerprint density at radius 3 is 2.58 bits per heavy atom. The summed E-state index contributed by atoms with van der Waals surface area (Å²) in [6.45, 7) is 5.61. The van der Waals surface area contributed by atoms with Crippen LogP contribution in [0.4, 0.5) is 4.39 Å². The van der Waals surface area contributed by atoms with Gasteiger partial charge in [0.15, 0.2) is 6.10 Å². The van der Waals surface area contributed by atoms with Crippen molar-refractivity contribution >= 4 is 5.91 Å². The number of carbonyl (C=O) groups is 1. The lowest BCUT2D eigenvalue weighted by Crippen LogP contribution is -2.51. The van der Waals surface area contributed by atoms with Crippen molar-refractivity contribution in [1.82, 2.24) is 15.3 Å². The summed E-state index contributed by atoms with van der Waals surface area (Å²) >= 11 is 0. The Balaban J connectivity index is 1.38. The molecule has 1 saturated heterocycles. The molecule has 2 aliphatic rings. The molecule has 0 aromatic heterocycles. The van der Waals surface area contributed by atoms with Gasteiger partial charge in [0.25, 0.3) is 5.91 Å². The van der Waals surface area contributed by atoms with Gasteiger partial charge >= 0.3 is 0 Å². The lowest BCUT2D eigenvalue weighted by Gasteiger charge is -2.38. The molecule has 2 heterocycles. The smallest absolute Gasteiger partial charge is 0.275 e. The highest BCUT2D eigenvalue weighted by Gasteiger charge is 2.30. The highest BCUT2D eigenvalue weighted by molar-refractivity contribution is 5.80. The van der Waals surface area contributed by atoms with Crippen molar-refractivity contribution in [3.8, 4) is 5.75 Å². The highest BCUT2D eigenvalue weighted by atomic mass is 19.1. The van der Waals surface area contributed by atoms with Gasteiger partial charge in [-0.3, -0.25) is 15.1 Å². The summed E-state index contributed by atoms with van der Waals surface area (Å²) in [6, 6.07) is 23.3. The van der Waals surface area contributed by atoms with Gasteiger partial charge in [-0.25, -0.2) is 9.40 Å². The predicted molar refractivity (Wildman–Crippen MR) is 136 cm³/mol. The number of nitrogens with zero attached hydrogens (tertiary/aromatic N) is 2. The number of rotatable bonds is 7. The standard InChI is InChI=1S/C29H32FN3O3/c1-21(29(34)31-33-15-17-35-18-16-33)36-25-12-11-22-13-14-32(20-24-9-5-6-10-27(24)30)28(26(22)19-25)23-7-3-2-4-8-23/h2-12,19,21,28H,13-18,20H2,1H3,(H,31,34)/t21-,28+/m0/s1. The SMILES string of the molecule is C[C@H](Oc1ccc2c(c1)[C@@H](c1ccccc1)N(Cc1ccccc1F)CC2)C(=O)NN1CCOCC1. The number of amides is 1. The maximum Gasteiger partial charge on any atom is 0.275 e. The van der Waals surface area contributed by atoms with Gasteiger partial charge in [-0.2, -0.15) is 0 Å². The second kappa shape index (κ2) is 11.2. The van der Waals surface area contributed by atoms with Gasteiger partial charge in [-0.15, -0.1) is 0 Å². The molecule has 0 spiro atoms. The van der Waals surface area contributed by atoms with Gasteiger partial charge in [0.05, 0.1) is 19.3 Å². The van der Waals surface area contributed by atoms with Gasteiger partial charge < -0.3 is 9.47 Å². The summed E-state index contributed by atoms with van der Waals surface area (Å²) in [4.78, 5) is 15.0. The first-order valence-corrected chi connectivity index (χ1v) is 12.5. The van der Waals surface area contributed by atoms with Gasteiger partial charge in [-0.1, -0.05) is 54.6 Å². The van der Waals surface area contributed by atoms with Crippen LogP contribution in [0.15, 0.2) is 72.8 Å².